The second-order valence-electron chi connectivity index (χ2n) is 6.43. The summed E-state index contributed by atoms with van der Waals surface area (Å²) in [7, 11) is -2.05. The number of sulfonamides is 1. The molecule has 1 aliphatic rings. The second-order valence-corrected chi connectivity index (χ2v) is 8.37. The summed E-state index contributed by atoms with van der Waals surface area (Å²) in [5.74, 6) is 0.524. The Morgan fingerprint density at radius 1 is 1.11 bits per heavy atom. The number of methoxy groups -OCH3 is 1. The van der Waals surface area contributed by atoms with Gasteiger partial charge in [-0.1, -0.05) is 41.6 Å². The highest BCUT2D eigenvalue weighted by molar-refractivity contribution is 7.89. The van der Waals surface area contributed by atoms with Gasteiger partial charge < -0.3 is 4.74 Å². The van der Waals surface area contributed by atoms with Crippen molar-refractivity contribution in [3.05, 3.63) is 60.8 Å². The zero-order chi connectivity index (χ0) is 18.9. The van der Waals surface area contributed by atoms with Gasteiger partial charge >= 0.3 is 0 Å². The number of hydrogen-bond acceptors (Lipinski definition) is 5. The lowest BCUT2D eigenvalue weighted by molar-refractivity contribution is 0.411. The monoisotopic (exact) mass is 384 g/mol. The molecular weight excluding hydrogens is 364 g/mol. The van der Waals surface area contributed by atoms with E-state index in [-0.39, 0.29) is 10.9 Å². The van der Waals surface area contributed by atoms with Crippen LogP contribution in [0.1, 0.15) is 12.5 Å². The van der Waals surface area contributed by atoms with E-state index in [9.17, 15) is 8.42 Å². The molecule has 27 heavy (non-hydrogen) atoms. The Morgan fingerprint density at radius 2 is 1.93 bits per heavy atom. The van der Waals surface area contributed by atoms with Crippen LogP contribution in [0.25, 0.3) is 11.3 Å². The van der Waals surface area contributed by atoms with Gasteiger partial charge in [-0.25, -0.2) is 13.1 Å². The summed E-state index contributed by atoms with van der Waals surface area (Å²) in [6.07, 6.45) is 2.57. The highest BCUT2D eigenvalue weighted by Crippen LogP contribution is 2.29. The fourth-order valence-corrected chi connectivity index (χ4v) is 4.78. The first-order valence-electron chi connectivity index (χ1n) is 8.69. The fourth-order valence-electron chi connectivity index (χ4n) is 3.25. The second kappa shape index (κ2) is 7.13. The van der Waals surface area contributed by atoms with Crippen molar-refractivity contribution in [3.63, 3.8) is 0 Å². The molecule has 0 aliphatic carbocycles. The van der Waals surface area contributed by atoms with Crippen LogP contribution in [0.2, 0.25) is 0 Å². The summed E-state index contributed by atoms with van der Waals surface area (Å²) in [6.45, 7) is 0.821. The topological polar surface area (TPSA) is 77.3 Å². The summed E-state index contributed by atoms with van der Waals surface area (Å²) < 4.78 is 34.3. The van der Waals surface area contributed by atoms with E-state index in [4.69, 9.17) is 4.74 Å². The third kappa shape index (κ3) is 3.45. The molecule has 140 valence electrons. The lowest BCUT2D eigenvalue weighted by Crippen LogP contribution is -2.29. The Hall–Kier alpha value is -2.71. The maximum absolute atomic E-state index is 12.9. The Bertz CT molecular complexity index is 1030. The smallest absolute Gasteiger partial charge is 0.243 e. The van der Waals surface area contributed by atoms with Crippen molar-refractivity contribution >= 4 is 10.0 Å². The molecule has 0 saturated carbocycles. The van der Waals surface area contributed by atoms with Crippen LogP contribution in [0.5, 0.6) is 5.75 Å². The molecule has 4 rings (SSSR count). The minimum Gasteiger partial charge on any atom is -0.497 e. The van der Waals surface area contributed by atoms with Crippen LogP contribution in [0, 0.1) is 0 Å². The molecule has 2 heterocycles. The van der Waals surface area contributed by atoms with E-state index < -0.39 is 10.0 Å². The van der Waals surface area contributed by atoms with E-state index in [0.717, 1.165) is 11.3 Å². The molecule has 8 heteroatoms. The third-order valence-corrected chi connectivity index (χ3v) is 6.62. The number of aromatic nitrogens is 3. The van der Waals surface area contributed by atoms with E-state index in [1.54, 1.807) is 28.9 Å². The number of nitrogens with zero attached hydrogens (tertiary/aromatic N) is 4. The van der Waals surface area contributed by atoms with Crippen LogP contribution in [-0.4, -0.2) is 47.9 Å². The molecule has 0 bridgehead atoms. The molecule has 0 spiro atoms. The average molecular weight is 384 g/mol. The van der Waals surface area contributed by atoms with Crippen molar-refractivity contribution in [3.8, 4) is 17.0 Å². The minimum absolute atomic E-state index is 0.0321. The maximum Gasteiger partial charge on any atom is 0.243 e. The van der Waals surface area contributed by atoms with Gasteiger partial charge in [0.15, 0.2) is 0 Å². The van der Waals surface area contributed by atoms with Gasteiger partial charge in [-0.2, -0.15) is 4.31 Å². The number of benzene rings is 2. The summed E-state index contributed by atoms with van der Waals surface area (Å²) in [5, 5.41) is 8.44. The molecule has 1 unspecified atom stereocenters. The van der Waals surface area contributed by atoms with Gasteiger partial charge in [0.05, 0.1) is 24.2 Å². The molecule has 1 aliphatic heterocycles. The van der Waals surface area contributed by atoms with E-state index in [2.05, 4.69) is 10.3 Å². The zero-order valence-electron chi connectivity index (χ0n) is 14.9. The zero-order valence-corrected chi connectivity index (χ0v) is 15.7. The largest absolute Gasteiger partial charge is 0.497 e. The summed E-state index contributed by atoms with van der Waals surface area (Å²) in [6, 6.07) is 16.3. The van der Waals surface area contributed by atoms with E-state index in [1.807, 2.05) is 36.5 Å². The first-order valence-corrected chi connectivity index (χ1v) is 10.1. The molecule has 3 aromatic rings. The van der Waals surface area contributed by atoms with Gasteiger partial charge in [0.25, 0.3) is 0 Å². The normalized spacial score (nSPS) is 17.9. The van der Waals surface area contributed by atoms with Crippen molar-refractivity contribution in [2.75, 3.05) is 20.2 Å². The van der Waals surface area contributed by atoms with E-state index in [0.29, 0.717) is 25.3 Å². The van der Waals surface area contributed by atoms with Crippen LogP contribution in [0.3, 0.4) is 0 Å². The molecule has 2 aromatic carbocycles. The maximum atomic E-state index is 12.9. The Balaban J connectivity index is 1.52. The summed E-state index contributed by atoms with van der Waals surface area (Å²) in [5.41, 5.74) is 1.77. The molecule has 1 fully saturated rings. The quantitative estimate of drug-likeness (QED) is 0.676. The number of rotatable bonds is 5. The van der Waals surface area contributed by atoms with Crippen molar-refractivity contribution < 1.29 is 13.2 Å². The highest BCUT2D eigenvalue weighted by atomic mass is 32.2. The van der Waals surface area contributed by atoms with Crippen LogP contribution in [0.4, 0.5) is 0 Å². The van der Waals surface area contributed by atoms with Crippen molar-refractivity contribution in [1.82, 2.24) is 19.3 Å². The van der Waals surface area contributed by atoms with Crippen LogP contribution in [0.15, 0.2) is 65.7 Å². The predicted molar refractivity (Wildman–Crippen MR) is 101 cm³/mol. The first kappa shape index (κ1) is 17.7. The molecule has 0 radical (unpaired) electrons. The van der Waals surface area contributed by atoms with Gasteiger partial charge in [-0.15, -0.1) is 5.10 Å². The van der Waals surface area contributed by atoms with Gasteiger partial charge in [0, 0.05) is 24.7 Å². The van der Waals surface area contributed by atoms with Crippen LogP contribution >= 0.6 is 0 Å². The Kier molecular flexibility index (Phi) is 4.67. The number of ether oxygens (including phenoxy) is 1. The van der Waals surface area contributed by atoms with Crippen LogP contribution in [-0.2, 0) is 10.0 Å². The number of hydrogen-bond donors (Lipinski definition) is 0. The molecule has 0 N–H and O–H groups in total. The van der Waals surface area contributed by atoms with Crippen molar-refractivity contribution in [1.29, 1.82) is 0 Å². The van der Waals surface area contributed by atoms with Crippen molar-refractivity contribution in [2.45, 2.75) is 17.4 Å². The van der Waals surface area contributed by atoms with Gasteiger partial charge in [-0.05, 0) is 18.6 Å². The van der Waals surface area contributed by atoms with Crippen molar-refractivity contribution in [2.24, 2.45) is 0 Å². The lowest BCUT2D eigenvalue weighted by Gasteiger charge is -2.17. The van der Waals surface area contributed by atoms with Gasteiger partial charge in [0.1, 0.15) is 11.4 Å². The molecule has 0 amide bonds. The lowest BCUT2D eigenvalue weighted by atomic mass is 10.2. The van der Waals surface area contributed by atoms with Gasteiger partial charge in [-0.3, -0.25) is 0 Å². The third-order valence-electron chi connectivity index (χ3n) is 4.76. The molecule has 1 aromatic heterocycles. The fraction of sp³-hybridized carbons (Fsp3) is 0.263. The van der Waals surface area contributed by atoms with E-state index >= 15 is 0 Å². The predicted octanol–water partition coefficient (Wildman–Crippen LogP) is 2.59. The molecule has 1 saturated heterocycles. The molecule has 1 atom stereocenters. The minimum atomic E-state index is -3.57. The average Bonchev–Trinajstić information content (AvgIpc) is 3.38. The summed E-state index contributed by atoms with van der Waals surface area (Å²) in [4.78, 5) is 0.242. The standard InChI is InChI=1S/C19H20N4O3S/c1-26-17-8-5-9-18(12-17)27(24,25)22-11-10-16(13-22)23-14-19(20-21-23)15-6-3-2-4-7-15/h2-9,12,14,16H,10-11,13H2,1H3. The Labute approximate surface area is 158 Å². The van der Waals surface area contributed by atoms with E-state index in [1.165, 1.54) is 11.4 Å². The van der Waals surface area contributed by atoms with Gasteiger partial charge in [0.2, 0.25) is 10.0 Å². The molecule has 7 nitrogen and oxygen atoms in total. The highest BCUT2D eigenvalue weighted by Gasteiger charge is 2.34. The van der Waals surface area contributed by atoms with Crippen LogP contribution < -0.4 is 4.74 Å². The SMILES string of the molecule is COc1cccc(S(=O)(=O)N2CCC(n3cc(-c4ccccc4)nn3)C2)c1. The summed E-state index contributed by atoms with van der Waals surface area (Å²) >= 11 is 0. The first-order chi connectivity index (χ1) is 13.1. The Morgan fingerprint density at radius 3 is 2.70 bits per heavy atom. The molecular formula is C19H20N4O3S.